The largest absolute Gasteiger partial charge is 0.341 e. The molecule has 1 saturated heterocycles. The predicted molar refractivity (Wildman–Crippen MR) is 79.2 cm³/mol. The van der Waals surface area contributed by atoms with Crippen LogP contribution in [0.4, 0.5) is 0 Å². The number of hydrogen-bond donors (Lipinski definition) is 0. The van der Waals surface area contributed by atoms with Gasteiger partial charge in [-0.1, -0.05) is 27.2 Å². The van der Waals surface area contributed by atoms with E-state index in [-0.39, 0.29) is 17.2 Å². The number of hydrogen-bond acceptors (Lipinski definition) is 2. The van der Waals surface area contributed by atoms with Crippen LogP contribution in [0.25, 0.3) is 0 Å². The van der Waals surface area contributed by atoms with Crippen molar-refractivity contribution < 1.29 is 9.59 Å². The highest BCUT2D eigenvalue weighted by atomic mass is 16.2. The van der Waals surface area contributed by atoms with Gasteiger partial charge in [-0.25, -0.2) is 0 Å². The monoisotopic (exact) mass is 280 g/mol. The molecule has 0 aromatic carbocycles. The lowest BCUT2D eigenvalue weighted by molar-refractivity contribution is -0.139. The van der Waals surface area contributed by atoms with Gasteiger partial charge >= 0.3 is 0 Å². The Kier molecular flexibility index (Phi) is 4.71. The van der Waals surface area contributed by atoms with E-state index in [1.165, 1.54) is 6.42 Å². The summed E-state index contributed by atoms with van der Waals surface area (Å²) in [4.78, 5) is 28.5. The molecule has 1 saturated carbocycles. The molecule has 0 bridgehead atoms. The van der Waals surface area contributed by atoms with Crippen molar-refractivity contribution in [2.45, 2.75) is 52.9 Å². The summed E-state index contributed by atoms with van der Waals surface area (Å²) < 4.78 is 0. The van der Waals surface area contributed by atoms with Gasteiger partial charge in [0.2, 0.25) is 11.8 Å². The lowest BCUT2D eigenvalue weighted by atomic mass is 9.84. The van der Waals surface area contributed by atoms with E-state index in [2.05, 4.69) is 20.8 Å². The second kappa shape index (κ2) is 6.15. The van der Waals surface area contributed by atoms with Gasteiger partial charge in [0.05, 0.1) is 0 Å². The highest BCUT2D eigenvalue weighted by Gasteiger charge is 2.31. The lowest BCUT2D eigenvalue weighted by Crippen LogP contribution is -2.42. The summed E-state index contributed by atoms with van der Waals surface area (Å²) in [6.07, 6.45) is 4.81. The van der Waals surface area contributed by atoms with Crippen molar-refractivity contribution in [1.29, 1.82) is 0 Å². The molecular formula is C16H28N2O2. The second-order valence-corrected chi connectivity index (χ2v) is 7.42. The van der Waals surface area contributed by atoms with E-state index in [4.69, 9.17) is 0 Å². The maximum atomic E-state index is 12.3. The van der Waals surface area contributed by atoms with Crippen molar-refractivity contribution in [3.05, 3.63) is 0 Å². The fourth-order valence-electron chi connectivity index (χ4n) is 2.87. The zero-order chi connectivity index (χ0) is 14.8. The standard InChI is InChI=1S/C16H28N2O2/c1-16(2,3)12-14(19)17-8-5-9-18(11-10-17)15(20)13-6-4-7-13/h13H,4-12H2,1-3H3. The first-order valence-electron chi connectivity index (χ1n) is 7.93. The van der Waals surface area contributed by atoms with Crippen molar-refractivity contribution in [3.63, 3.8) is 0 Å². The average molecular weight is 280 g/mol. The Hall–Kier alpha value is -1.06. The Morgan fingerprint density at radius 2 is 1.55 bits per heavy atom. The third-order valence-electron chi connectivity index (χ3n) is 4.30. The zero-order valence-corrected chi connectivity index (χ0v) is 13.2. The Bertz CT molecular complexity index is 369. The molecule has 2 amide bonds. The number of carbonyl (C=O) groups is 2. The highest BCUT2D eigenvalue weighted by molar-refractivity contribution is 5.80. The van der Waals surface area contributed by atoms with Crippen molar-refractivity contribution in [2.75, 3.05) is 26.2 Å². The fourth-order valence-corrected chi connectivity index (χ4v) is 2.87. The van der Waals surface area contributed by atoms with Gasteiger partial charge in [-0.3, -0.25) is 9.59 Å². The molecule has 0 aromatic rings. The topological polar surface area (TPSA) is 40.6 Å². The molecule has 4 nitrogen and oxygen atoms in total. The van der Waals surface area contributed by atoms with E-state index < -0.39 is 0 Å². The molecule has 1 aliphatic heterocycles. The molecular weight excluding hydrogens is 252 g/mol. The van der Waals surface area contributed by atoms with Gasteiger partial charge < -0.3 is 9.80 Å². The van der Waals surface area contributed by atoms with Crippen LogP contribution in [0, 0.1) is 11.3 Å². The van der Waals surface area contributed by atoms with Crippen LogP contribution in [-0.2, 0) is 9.59 Å². The van der Waals surface area contributed by atoms with Gasteiger partial charge in [0, 0.05) is 38.5 Å². The molecule has 4 heteroatoms. The maximum Gasteiger partial charge on any atom is 0.225 e. The van der Waals surface area contributed by atoms with Crippen molar-refractivity contribution in [3.8, 4) is 0 Å². The van der Waals surface area contributed by atoms with Crippen LogP contribution in [0.1, 0.15) is 52.9 Å². The van der Waals surface area contributed by atoms with Gasteiger partial charge in [-0.05, 0) is 24.7 Å². The van der Waals surface area contributed by atoms with Crippen LogP contribution in [0.3, 0.4) is 0 Å². The van der Waals surface area contributed by atoms with Crippen molar-refractivity contribution >= 4 is 11.8 Å². The summed E-state index contributed by atoms with van der Waals surface area (Å²) in [7, 11) is 0. The smallest absolute Gasteiger partial charge is 0.225 e. The quantitative estimate of drug-likeness (QED) is 0.778. The molecule has 1 heterocycles. The summed E-state index contributed by atoms with van der Waals surface area (Å²) in [5.41, 5.74) is 0.0326. The summed E-state index contributed by atoms with van der Waals surface area (Å²) in [5.74, 6) is 0.823. The van der Waals surface area contributed by atoms with Crippen LogP contribution < -0.4 is 0 Å². The SMILES string of the molecule is CC(C)(C)CC(=O)N1CCCN(C(=O)C2CCC2)CC1. The summed E-state index contributed by atoms with van der Waals surface area (Å²) >= 11 is 0. The zero-order valence-electron chi connectivity index (χ0n) is 13.2. The molecule has 2 fully saturated rings. The molecule has 0 radical (unpaired) electrons. The van der Waals surface area contributed by atoms with E-state index in [1.54, 1.807) is 0 Å². The molecule has 2 rings (SSSR count). The normalized spacial score (nSPS) is 21.4. The van der Waals surface area contributed by atoms with E-state index in [9.17, 15) is 9.59 Å². The Labute approximate surface area is 122 Å². The minimum atomic E-state index is 0.0326. The minimum Gasteiger partial charge on any atom is -0.341 e. The summed E-state index contributed by atoms with van der Waals surface area (Å²) in [6, 6.07) is 0. The first kappa shape index (κ1) is 15.3. The van der Waals surface area contributed by atoms with Crippen LogP contribution in [0.15, 0.2) is 0 Å². The van der Waals surface area contributed by atoms with Crippen LogP contribution in [0.2, 0.25) is 0 Å². The molecule has 0 atom stereocenters. The summed E-state index contributed by atoms with van der Waals surface area (Å²) in [5, 5.41) is 0. The van der Waals surface area contributed by atoms with Gasteiger partial charge in [-0.15, -0.1) is 0 Å². The molecule has 0 unspecified atom stereocenters. The Balaban J connectivity index is 1.85. The van der Waals surface area contributed by atoms with Crippen molar-refractivity contribution in [2.24, 2.45) is 11.3 Å². The molecule has 20 heavy (non-hydrogen) atoms. The molecule has 2 aliphatic rings. The average Bonchev–Trinajstić information content (AvgIpc) is 2.49. The van der Waals surface area contributed by atoms with Gasteiger partial charge in [0.15, 0.2) is 0 Å². The van der Waals surface area contributed by atoms with Crippen molar-refractivity contribution in [1.82, 2.24) is 9.80 Å². The van der Waals surface area contributed by atoms with Gasteiger partial charge in [0.25, 0.3) is 0 Å². The first-order chi connectivity index (χ1) is 9.37. The molecule has 1 aliphatic carbocycles. The lowest BCUT2D eigenvalue weighted by Gasteiger charge is -2.31. The second-order valence-electron chi connectivity index (χ2n) is 7.42. The van der Waals surface area contributed by atoms with E-state index in [0.29, 0.717) is 25.4 Å². The molecule has 0 spiro atoms. The third kappa shape index (κ3) is 3.97. The van der Waals surface area contributed by atoms with E-state index >= 15 is 0 Å². The van der Waals surface area contributed by atoms with Crippen LogP contribution >= 0.6 is 0 Å². The van der Waals surface area contributed by atoms with Crippen LogP contribution in [0.5, 0.6) is 0 Å². The highest BCUT2D eigenvalue weighted by Crippen LogP contribution is 2.28. The van der Waals surface area contributed by atoms with Gasteiger partial charge in [-0.2, -0.15) is 0 Å². The fraction of sp³-hybridized carbons (Fsp3) is 0.875. The predicted octanol–water partition coefficient (Wildman–Crippen LogP) is 2.28. The minimum absolute atomic E-state index is 0.0326. The molecule has 0 aromatic heterocycles. The van der Waals surface area contributed by atoms with Crippen LogP contribution in [-0.4, -0.2) is 47.8 Å². The van der Waals surface area contributed by atoms with E-state index in [0.717, 1.165) is 32.4 Å². The van der Waals surface area contributed by atoms with Gasteiger partial charge in [0.1, 0.15) is 0 Å². The number of amides is 2. The third-order valence-corrected chi connectivity index (χ3v) is 4.30. The Morgan fingerprint density at radius 3 is 2.10 bits per heavy atom. The van der Waals surface area contributed by atoms with E-state index in [1.807, 2.05) is 9.80 Å². The molecule has 114 valence electrons. The Morgan fingerprint density at radius 1 is 0.950 bits per heavy atom. The number of rotatable bonds is 2. The first-order valence-corrected chi connectivity index (χ1v) is 7.93. The number of carbonyl (C=O) groups excluding carboxylic acids is 2. The molecule has 0 N–H and O–H groups in total. The maximum absolute atomic E-state index is 12.3. The number of nitrogens with zero attached hydrogens (tertiary/aromatic N) is 2. The summed E-state index contributed by atoms with van der Waals surface area (Å²) in [6.45, 7) is 9.30.